The number of nitriles is 1. The van der Waals surface area contributed by atoms with Crippen molar-refractivity contribution < 1.29 is 19.1 Å². The van der Waals surface area contributed by atoms with Gasteiger partial charge in [0.1, 0.15) is 23.9 Å². The van der Waals surface area contributed by atoms with Gasteiger partial charge in [0.15, 0.2) is 0 Å². The molecule has 146 valence electrons. The quantitative estimate of drug-likeness (QED) is 0.485. The lowest BCUT2D eigenvalue weighted by Gasteiger charge is -2.09. The lowest BCUT2D eigenvalue weighted by molar-refractivity contribution is -0.115. The molecule has 0 aliphatic rings. The second kappa shape index (κ2) is 9.04. The number of fused-ring (bicyclic) bond motifs is 1. The summed E-state index contributed by atoms with van der Waals surface area (Å²) in [5.74, 6) is -0.280. The second-order valence-electron chi connectivity index (χ2n) is 6.03. The van der Waals surface area contributed by atoms with E-state index in [4.69, 9.17) is 26.3 Å². The van der Waals surface area contributed by atoms with E-state index in [2.05, 4.69) is 10.3 Å². The molecule has 1 heterocycles. The highest BCUT2D eigenvalue weighted by Gasteiger charge is 2.12. The number of aromatic nitrogens is 1. The zero-order valence-corrected chi connectivity index (χ0v) is 16.2. The molecule has 0 fully saturated rings. The molecule has 1 aromatic heterocycles. The molecule has 0 aliphatic heterocycles. The molecule has 7 nitrogen and oxygen atoms in total. The molecule has 0 saturated heterocycles. The molecule has 0 bridgehead atoms. The molecule has 0 spiro atoms. The molecule has 0 aliphatic carbocycles. The number of anilines is 1. The Kier molecular flexibility index (Phi) is 6.27. The summed E-state index contributed by atoms with van der Waals surface area (Å²) in [5.41, 5.74) is 2.06. The minimum absolute atomic E-state index is 0.0344. The summed E-state index contributed by atoms with van der Waals surface area (Å²) in [7, 11) is 1.57. The largest absolute Gasteiger partial charge is 0.497 e. The monoisotopic (exact) mass is 409 g/mol. The smallest absolute Gasteiger partial charge is 0.338 e. The van der Waals surface area contributed by atoms with E-state index in [9.17, 15) is 9.59 Å². The van der Waals surface area contributed by atoms with Gasteiger partial charge in [-0.2, -0.15) is 5.26 Å². The number of carbonyl (C=O) groups excluding carboxylic acids is 2. The third-order valence-electron chi connectivity index (χ3n) is 4.05. The highest BCUT2D eigenvalue weighted by molar-refractivity contribution is 6.30. The summed E-state index contributed by atoms with van der Waals surface area (Å²) in [4.78, 5) is 28.0. The number of esters is 1. The molecular formula is C21H16ClN3O4. The van der Waals surface area contributed by atoms with Gasteiger partial charge in [0.05, 0.1) is 24.3 Å². The number of hydrogen-bond donors (Lipinski definition) is 1. The molecule has 2 aromatic carbocycles. The minimum atomic E-state index is -0.536. The summed E-state index contributed by atoms with van der Waals surface area (Å²) in [6, 6.07) is 15.2. The summed E-state index contributed by atoms with van der Waals surface area (Å²) in [6.07, 6.45) is -0.239. The van der Waals surface area contributed by atoms with Crippen molar-refractivity contribution in [1.29, 1.82) is 5.26 Å². The van der Waals surface area contributed by atoms with Crippen molar-refractivity contribution in [3.63, 3.8) is 0 Å². The molecular weight excluding hydrogens is 394 g/mol. The highest BCUT2D eigenvalue weighted by atomic mass is 35.5. The van der Waals surface area contributed by atoms with E-state index in [1.165, 1.54) is 12.1 Å². The maximum absolute atomic E-state index is 12.3. The summed E-state index contributed by atoms with van der Waals surface area (Å²) in [6.45, 7) is -0.0344. The first-order valence-corrected chi connectivity index (χ1v) is 8.95. The average molecular weight is 410 g/mol. The predicted octanol–water partition coefficient (Wildman–Crippen LogP) is 4.11. The van der Waals surface area contributed by atoms with E-state index in [-0.39, 0.29) is 18.2 Å². The average Bonchev–Trinajstić information content (AvgIpc) is 2.72. The van der Waals surface area contributed by atoms with Gasteiger partial charge < -0.3 is 14.8 Å². The third-order valence-corrected chi connectivity index (χ3v) is 4.38. The SMILES string of the molecule is COc1ccc2cc(COC(=O)c3ccc(NC(=O)CC#N)cc3)c(Cl)nc2c1. The number of rotatable bonds is 6. The van der Waals surface area contributed by atoms with Crippen LogP contribution in [0.2, 0.25) is 5.15 Å². The van der Waals surface area contributed by atoms with Crippen LogP contribution in [0.5, 0.6) is 5.75 Å². The molecule has 0 unspecified atom stereocenters. The Hall–Kier alpha value is -3.63. The normalized spacial score (nSPS) is 10.2. The van der Waals surface area contributed by atoms with Crippen LogP contribution >= 0.6 is 11.6 Å². The van der Waals surface area contributed by atoms with Crippen LogP contribution in [0.4, 0.5) is 5.69 Å². The van der Waals surface area contributed by atoms with Crippen LogP contribution < -0.4 is 10.1 Å². The topological polar surface area (TPSA) is 101 Å². The molecule has 8 heteroatoms. The molecule has 1 amide bonds. The van der Waals surface area contributed by atoms with Crippen LogP contribution in [0, 0.1) is 11.3 Å². The van der Waals surface area contributed by atoms with Gasteiger partial charge in [-0.1, -0.05) is 11.6 Å². The fraction of sp³-hybridized carbons (Fsp3) is 0.143. The lowest BCUT2D eigenvalue weighted by atomic mass is 10.1. The highest BCUT2D eigenvalue weighted by Crippen LogP contribution is 2.25. The van der Waals surface area contributed by atoms with Gasteiger partial charge in [0.2, 0.25) is 5.91 Å². The zero-order chi connectivity index (χ0) is 20.8. The van der Waals surface area contributed by atoms with Crippen LogP contribution in [0.25, 0.3) is 10.9 Å². The zero-order valence-electron chi connectivity index (χ0n) is 15.4. The third kappa shape index (κ3) is 5.00. The van der Waals surface area contributed by atoms with Crippen LogP contribution in [-0.2, 0) is 16.1 Å². The number of nitrogens with zero attached hydrogens (tertiary/aromatic N) is 2. The van der Waals surface area contributed by atoms with Crippen LogP contribution in [0.15, 0.2) is 48.5 Å². The van der Waals surface area contributed by atoms with E-state index in [0.717, 1.165) is 5.39 Å². The minimum Gasteiger partial charge on any atom is -0.497 e. The predicted molar refractivity (Wildman–Crippen MR) is 108 cm³/mol. The summed E-state index contributed by atoms with van der Waals surface area (Å²) >= 11 is 6.22. The van der Waals surface area contributed by atoms with Gasteiger partial charge in [-0.3, -0.25) is 4.79 Å². The van der Waals surface area contributed by atoms with Gasteiger partial charge in [0.25, 0.3) is 0 Å². The van der Waals surface area contributed by atoms with Crippen molar-refractivity contribution in [2.24, 2.45) is 0 Å². The Morgan fingerprint density at radius 2 is 1.93 bits per heavy atom. The Morgan fingerprint density at radius 1 is 1.17 bits per heavy atom. The van der Waals surface area contributed by atoms with E-state index in [0.29, 0.717) is 28.1 Å². The first kappa shape index (κ1) is 20.1. The van der Waals surface area contributed by atoms with Crippen molar-refractivity contribution in [2.75, 3.05) is 12.4 Å². The van der Waals surface area contributed by atoms with Gasteiger partial charge >= 0.3 is 5.97 Å². The van der Waals surface area contributed by atoms with Crippen molar-refractivity contribution in [1.82, 2.24) is 4.98 Å². The molecule has 3 aromatic rings. The Bertz CT molecular complexity index is 1110. The molecule has 0 saturated carbocycles. The van der Waals surface area contributed by atoms with E-state index >= 15 is 0 Å². The van der Waals surface area contributed by atoms with Crippen molar-refractivity contribution in [3.8, 4) is 11.8 Å². The molecule has 1 N–H and O–H groups in total. The van der Waals surface area contributed by atoms with Crippen molar-refractivity contribution in [3.05, 3.63) is 64.8 Å². The maximum Gasteiger partial charge on any atom is 0.338 e. The van der Waals surface area contributed by atoms with Gasteiger partial charge in [-0.05, 0) is 42.5 Å². The molecule has 0 radical (unpaired) electrons. The number of methoxy groups -OCH3 is 1. The molecule has 3 rings (SSSR count). The molecule has 0 atom stereocenters. The fourth-order valence-corrected chi connectivity index (χ4v) is 2.79. The van der Waals surface area contributed by atoms with Crippen molar-refractivity contribution in [2.45, 2.75) is 13.0 Å². The Morgan fingerprint density at radius 3 is 2.62 bits per heavy atom. The van der Waals surface area contributed by atoms with Gasteiger partial charge in [0, 0.05) is 22.7 Å². The number of hydrogen-bond acceptors (Lipinski definition) is 6. The van der Waals surface area contributed by atoms with E-state index in [1.807, 2.05) is 18.2 Å². The summed E-state index contributed by atoms with van der Waals surface area (Å²) < 4.78 is 10.5. The number of benzene rings is 2. The van der Waals surface area contributed by atoms with Crippen molar-refractivity contribution >= 4 is 40.1 Å². The van der Waals surface area contributed by atoms with E-state index in [1.54, 1.807) is 31.4 Å². The Balaban J connectivity index is 1.66. The van der Waals surface area contributed by atoms with E-state index < -0.39 is 11.9 Å². The van der Waals surface area contributed by atoms with Crippen LogP contribution in [0.3, 0.4) is 0 Å². The number of carbonyl (C=O) groups is 2. The maximum atomic E-state index is 12.3. The standard InChI is InChI=1S/C21H16ClN3O4/c1-28-17-7-4-14-10-15(20(22)25-18(14)11-17)12-29-21(27)13-2-5-16(6-3-13)24-19(26)8-9-23/h2-7,10-11H,8,12H2,1H3,(H,24,26). The first-order chi connectivity index (χ1) is 14.0. The second-order valence-corrected chi connectivity index (χ2v) is 6.39. The number of nitrogens with one attached hydrogen (secondary N) is 1. The number of amides is 1. The van der Waals surface area contributed by atoms with Gasteiger partial charge in [-0.25, -0.2) is 9.78 Å². The number of pyridine rings is 1. The summed E-state index contributed by atoms with van der Waals surface area (Å²) in [5, 5.41) is 12.1. The fourth-order valence-electron chi connectivity index (χ4n) is 2.59. The lowest BCUT2D eigenvalue weighted by Crippen LogP contribution is -2.10. The van der Waals surface area contributed by atoms with Crippen LogP contribution in [0.1, 0.15) is 22.3 Å². The Labute approximate surface area is 171 Å². The van der Waals surface area contributed by atoms with Gasteiger partial charge in [-0.15, -0.1) is 0 Å². The number of halogens is 1. The van der Waals surface area contributed by atoms with Crippen LogP contribution in [-0.4, -0.2) is 24.0 Å². The first-order valence-electron chi connectivity index (χ1n) is 8.57. The molecule has 29 heavy (non-hydrogen) atoms. The number of ether oxygens (including phenoxy) is 2.